The van der Waals surface area contributed by atoms with Gasteiger partial charge in [0.1, 0.15) is 0 Å². The molecule has 24 heavy (non-hydrogen) atoms. The molecule has 0 saturated carbocycles. The first-order valence-electron chi connectivity index (χ1n) is 8.07. The molecule has 1 aromatic rings. The Bertz CT molecular complexity index is 679. The van der Waals surface area contributed by atoms with Crippen LogP contribution < -0.4 is 0 Å². The molecule has 2 rings (SSSR count). The van der Waals surface area contributed by atoms with Crippen molar-refractivity contribution in [2.24, 2.45) is 15.9 Å². The number of amides is 1. The minimum atomic E-state index is -0.546. The van der Waals surface area contributed by atoms with Crippen LogP contribution in [0.25, 0.3) is 0 Å². The van der Waals surface area contributed by atoms with E-state index in [9.17, 15) is 14.9 Å². The van der Waals surface area contributed by atoms with Crippen LogP contribution in [0.1, 0.15) is 59.6 Å². The molecule has 1 heterocycles. The van der Waals surface area contributed by atoms with Gasteiger partial charge >= 0.3 is 0 Å². The van der Waals surface area contributed by atoms with E-state index in [-0.39, 0.29) is 23.1 Å². The molecule has 0 bridgehead atoms. The van der Waals surface area contributed by atoms with Gasteiger partial charge < -0.3 is 0 Å². The fourth-order valence-electron chi connectivity index (χ4n) is 2.57. The van der Waals surface area contributed by atoms with Gasteiger partial charge in [-0.25, -0.2) is 5.01 Å². The largest absolute Gasteiger partial charge is 0.272 e. The van der Waals surface area contributed by atoms with Gasteiger partial charge in [0.2, 0.25) is 5.91 Å². The third kappa shape index (κ3) is 3.63. The van der Waals surface area contributed by atoms with Crippen LogP contribution in [-0.4, -0.2) is 21.6 Å². The van der Waals surface area contributed by atoms with Crippen molar-refractivity contribution in [3.8, 4) is 0 Å². The van der Waals surface area contributed by atoms with E-state index >= 15 is 0 Å². The Labute approximate surface area is 142 Å². The number of carbonyl (C=O) groups excluding carboxylic acids is 1. The molecule has 0 aliphatic carbocycles. The summed E-state index contributed by atoms with van der Waals surface area (Å²) in [6.07, 6.45) is 0.642. The van der Waals surface area contributed by atoms with Crippen molar-refractivity contribution in [1.29, 1.82) is 0 Å². The van der Waals surface area contributed by atoms with E-state index in [1.54, 1.807) is 17.1 Å². The summed E-state index contributed by atoms with van der Waals surface area (Å²) in [4.78, 5) is 23.2. The second-order valence-electron chi connectivity index (χ2n) is 8.26. The van der Waals surface area contributed by atoms with Crippen LogP contribution in [0.15, 0.2) is 29.4 Å². The SMILES string of the molecule is CC(C)(C)C(=O)N1N=C(C(C)(C)C)CC1c1ccc([N+](=O)[O-])cc1. The summed E-state index contributed by atoms with van der Waals surface area (Å²) >= 11 is 0. The van der Waals surface area contributed by atoms with Crippen LogP contribution in [0.3, 0.4) is 0 Å². The second kappa shape index (κ2) is 6.00. The van der Waals surface area contributed by atoms with E-state index in [2.05, 4.69) is 25.9 Å². The van der Waals surface area contributed by atoms with E-state index in [0.717, 1.165) is 11.3 Å². The molecular weight excluding hydrogens is 306 g/mol. The molecule has 1 aromatic carbocycles. The zero-order chi connectivity index (χ0) is 18.3. The molecule has 6 nitrogen and oxygen atoms in total. The predicted octanol–water partition coefficient (Wildman–Crippen LogP) is 4.32. The maximum Gasteiger partial charge on any atom is 0.269 e. The number of hydrogen-bond donors (Lipinski definition) is 0. The number of nitrogens with zero attached hydrogens (tertiary/aromatic N) is 3. The molecule has 0 fully saturated rings. The zero-order valence-corrected chi connectivity index (χ0v) is 15.2. The van der Waals surface area contributed by atoms with Crippen LogP contribution in [0.5, 0.6) is 0 Å². The number of benzene rings is 1. The van der Waals surface area contributed by atoms with Gasteiger partial charge in [0.15, 0.2) is 0 Å². The van der Waals surface area contributed by atoms with Crippen molar-refractivity contribution in [3.05, 3.63) is 39.9 Å². The Morgan fingerprint density at radius 2 is 1.71 bits per heavy atom. The molecular formula is C18H25N3O3. The Balaban J connectivity index is 2.40. The third-order valence-electron chi connectivity index (χ3n) is 4.11. The number of carbonyl (C=O) groups is 1. The summed E-state index contributed by atoms with van der Waals surface area (Å²) in [6.45, 7) is 11.8. The standard InChI is InChI=1S/C18H25N3O3/c1-17(2,3)15-11-14(20(19-15)16(22)18(4,5)6)12-7-9-13(10-8-12)21(23)24/h7-10,14H,11H2,1-6H3. The van der Waals surface area contributed by atoms with Gasteiger partial charge in [-0.1, -0.05) is 53.7 Å². The molecule has 0 N–H and O–H groups in total. The number of nitro groups is 1. The molecule has 1 aliphatic heterocycles. The van der Waals surface area contributed by atoms with Gasteiger partial charge in [-0.05, 0) is 5.56 Å². The normalized spacial score (nSPS) is 18.5. The number of rotatable bonds is 2. The first-order chi connectivity index (χ1) is 10.9. The summed E-state index contributed by atoms with van der Waals surface area (Å²) in [6, 6.07) is 6.17. The summed E-state index contributed by atoms with van der Waals surface area (Å²) in [5.74, 6) is -0.0508. The smallest absolute Gasteiger partial charge is 0.269 e. The molecule has 1 atom stereocenters. The molecule has 6 heteroatoms. The number of nitro benzene ring substituents is 1. The van der Waals surface area contributed by atoms with Crippen molar-refractivity contribution in [2.45, 2.75) is 54.0 Å². The fraction of sp³-hybridized carbons (Fsp3) is 0.556. The van der Waals surface area contributed by atoms with E-state index in [0.29, 0.717) is 6.42 Å². The maximum absolute atomic E-state index is 12.8. The lowest BCUT2D eigenvalue weighted by molar-refractivity contribution is -0.384. The minimum Gasteiger partial charge on any atom is -0.272 e. The zero-order valence-electron chi connectivity index (χ0n) is 15.2. The van der Waals surface area contributed by atoms with Gasteiger partial charge in [-0.3, -0.25) is 14.9 Å². The second-order valence-corrected chi connectivity index (χ2v) is 8.26. The molecule has 0 saturated heterocycles. The third-order valence-corrected chi connectivity index (χ3v) is 4.11. The maximum atomic E-state index is 12.8. The minimum absolute atomic E-state index is 0.0439. The Morgan fingerprint density at radius 3 is 2.12 bits per heavy atom. The highest BCUT2D eigenvalue weighted by atomic mass is 16.6. The lowest BCUT2D eigenvalue weighted by Gasteiger charge is -2.28. The Morgan fingerprint density at radius 1 is 1.17 bits per heavy atom. The van der Waals surface area contributed by atoms with Crippen molar-refractivity contribution in [1.82, 2.24) is 5.01 Å². The Hall–Kier alpha value is -2.24. The number of non-ortho nitro benzene ring substituents is 1. The predicted molar refractivity (Wildman–Crippen MR) is 93.6 cm³/mol. The topological polar surface area (TPSA) is 75.8 Å². The summed E-state index contributed by atoms with van der Waals surface area (Å²) in [5, 5.41) is 17.0. The summed E-state index contributed by atoms with van der Waals surface area (Å²) in [5.41, 5.74) is 1.19. The van der Waals surface area contributed by atoms with Gasteiger partial charge in [0.25, 0.3) is 5.69 Å². The van der Waals surface area contributed by atoms with E-state index < -0.39 is 10.3 Å². The molecule has 0 spiro atoms. The molecule has 1 amide bonds. The lowest BCUT2D eigenvalue weighted by atomic mass is 9.85. The van der Waals surface area contributed by atoms with Crippen molar-refractivity contribution in [3.63, 3.8) is 0 Å². The van der Waals surface area contributed by atoms with Gasteiger partial charge in [-0.2, -0.15) is 5.10 Å². The van der Waals surface area contributed by atoms with Crippen molar-refractivity contribution < 1.29 is 9.72 Å². The first kappa shape index (κ1) is 18.1. The summed E-state index contributed by atoms with van der Waals surface area (Å²) < 4.78 is 0. The van der Waals surface area contributed by atoms with Crippen molar-refractivity contribution in [2.75, 3.05) is 0 Å². The highest BCUT2D eigenvalue weighted by molar-refractivity contribution is 5.94. The quantitative estimate of drug-likeness (QED) is 0.598. The van der Waals surface area contributed by atoms with Gasteiger partial charge in [0, 0.05) is 35.1 Å². The highest BCUT2D eigenvalue weighted by Crippen LogP contribution is 2.38. The first-order valence-corrected chi connectivity index (χ1v) is 8.07. The monoisotopic (exact) mass is 331 g/mol. The molecule has 0 radical (unpaired) electrons. The van der Waals surface area contributed by atoms with Gasteiger partial charge in [0.05, 0.1) is 11.0 Å². The number of hydrazone groups is 1. The van der Waals surface area contributed by atoms with Crippen molar-refractivity contribution >= 4 is 17.3 Å². The van der Waals surface area contributed by atoms with Crippen LogP contribution in [-0.2, 0) is 4.79 Å². The molecule has 130 valence electrons. The summed E-state index contributed by atoms with van der Waals surface area (Å²) in [7, 11) is 0. The molecule has 0 aromatic heterocycles. The number of hydrogen-bond acceptors (Lipinski definition) is 4. The van der Waals surface area contributed by atoms with Gasteiger partial charge in [-0.15, -0.1) is 0 Å². The Kier molecular flexibility index (Phi) is 4.52. The highest BCUT2D eigenvalue weighted by Gasteiger charge is 2.40. The lowest BCUT2D eigenvalue weighted by Crippen LogP contribution is -2.36. The van der Waals surface area contributed by atoms with Crippen LogP contribution in [0.2, 0.25) is 0 Å². The van der Waals surface area contributed by atoms with Crippen LogP contribution in [0, 0.1) is 20.9 Å². The van der Waals surface area contributed by atoms with E-state index in [1.807, 2.05) is 20.8 Å². The van der Waals surface area contributed by atoms with Crippen LogP contribution >= 0.6 is 0 Å². The average Bonchev–Trinajstić information content (AvgIpc) is 2.90. The molecule has 1 aliphatic rings. The molecule has 1 unspecified atom stereocenters. The van der Waals surface area contributed by atoms with E-state index in [1.165, 1.54) is 12.1 Å². The van der Waals surface area contributed by atoms with E-state index in [4.69, 9.17) is 0 Å². The average molecular weight is 331 g/mol. The van der Waals surface area contributed by atoms with Crippen LogP contribution in [0.4, 0.5) is 5.69 Å². The fourth-order valence-corrected chi connectivity index (χ4v) is 2.57.